The second-order valence-corrected chi connectivity index (χ2v) is 12.2. The Kier molecular flexibility index (Phi) is 10.8. The number of nitrogens with one attached hydrogen (secondary N) is 1. The van der Waals surface area contributed by atoms with Crippen LogP contribution in [0.15, 0.2) is 76.1 Å². The average molecular weight is 631 g/mol. The van der Waals surface area contributed by atoms with Crippen molar-refractivity contribution in [3.63, 3.8) is 0 Å². The van der Waals surface area contributed by atoms with Crippen molar-refractivity contribution in [2.24, 2.45) is 0 Å². The van der Waals surface area contributed by atoms with Crippen LogP contribution in [0.3, 0.4) is 0 Å². The standard InChI is InChI=1S/C30H36BrN3O5S/c1-6-27(30(36)32-7-2)33(19-23-10-8-9-22(4)17-23)29(35)20-34(24-13-11-21(3)12-14-24)40(37,38)25-15-16-28(39-5)26(31)18-25/h8-18,27H,6-7,19-20H2,1-5H3,(H,32,36)/t27-/m1/s1. The molecule has 0 radical (unpaired) electrons. The fraction of sp³-hybridized carbons (Fsp3) is 0.333. The van der Waals surface area contributed by atoms with E-state index in [1.165, 1.54) is 24.1 Å². The molecule has 0 saturated carbocycles. The Bertz CT molecular complexity index is 1440. The summed E-state index contributed by atoms with van der Waals surface area (Å²) in [6.45, 7) is 7.59. The van der Waals surface area contributed by atoms with Crippen LogP contribution in [0.2, 0.25) is 0 Å². The molecule has 3 aromatic carbocycles. The zero-order valence-corrected chi connectivity index (χ0v) is 25.9. The molecule has 1 atom stereocenters. The molecule has 3 aromatic rings. The molecule has 0 aliphatic heterocycles. The summed E-state index contributed by atoms with van der Waals surface area (Å²) < 4.78 is 34.9. The Labute approximate surface area is 245 Å². The quantitative estimate of drug-likeness (QED) is 0.297. The second kappa shape index (κ2) is 13.8. The number of anilines is 1. The van der Waals surface area contributed by atoms with Crippen molar-refractivity contribution in [2.45, 2.75) is 51.6 Å². The summed E-state index contributed by atoms with van der Waals surface area (Å²) in [5.74, 6) is -0.292. The molecule has 2 amide bonds. The SMILES string of the molecule is CCNC(=O)[C@@H](CC)N(Cc1cccc(C)c1)C(=O)CN(c1ccc(C)cc1)S(=O)(=O)c1ccc(OC)c(Br)c1. The molecular formula is C30H36BrN3O5S. The Morgan fingerprint density at radius 2 is 1.68 bits per heavy atom. The highest BCUT2D eigenvalue weighted by molar-refractivity contribution is 9.10. The summed E-state index contributed by atoms with van der Waals surface area (Å²) in [6.07, 6.45) is 0.367. The first-order valence-corrected chi connectivity index (χ1v) is 15.3. The van der Waals surface area contributed by atoms with E-state index in [1.807, 2.05) is 52.0 Å². The van der Waals surface area contributed by atoms with E-state index in [0.717, 1.165) is 21.0 Å². The number of sulfonamides is 1. The fourth-order valence-corrected chi connectivity index (χ4v) is 6.53. The van der Waals surface area contributed by atoms with E-state index in [4.69, 9.17) is 4.74 Å². The third-order valence-corrected chi connectivity index (χ3v) is 8.87. The summed E-state index contributed by atoms with van der Waals surface area (Å²) in [5, 5.41) is 2.81. The van der Waals surface area contributed by atoms with E-state index in [2.05, 4.69) is 21.2 Å². The second-order valence-electron chi connectivity index (χ2n) is 9.47. The normalized spacial score (nSPS) is 11.9. The molecule has 0 heterocycles. The molecule has 8 nitrogen and oxygen atoms in total. The van der Waals surface area contributed by atoms with Crippen molar-refractivity contribution < 1.29 is 22.7 Å². The van der Waals surface area contributed by atoms with E-state index < -0.39 is 28.5 Å². The highest BCUT2D eigenvalue weighted by Crippen LogP contribution is 2.31. The van der Waals surface area contributed by atoms with Crippen LogP contribution in [0.1, 0.15) is 37.0 Å². The molecule has 0 aromatic heterocycles. The van der Waals surface area contributed by atoms with Crippen molar-refractivity contribution in [1.29, 1.82) is 0 Å². The van der Waals surface area contributed by atoms with Crippen molar-refractivity contribution in [1.82, 2.24) is 10.2 Å². The molecule has 0 fully saturated rings. The molecule has 40 heavy (non-hydrogen) atoms. The van der Waals surface area contributed by atoms with Gasteiger partial charge in [-0.3, -0.25) is 13.9 Å². The number of hydrogen-bond donors (Lipinski definition) is 1. The molecule has 0 unspecified atom stereocenters. The maximum Gasteiger partial charge on any atom is 0.264 e. The number of hydrogen-bond acceptors (Lipinski definition) is 5. The Hall–Kier alpha value is -3.37. The first-order chi connectivity index (χ1) is 19.0. The zero-order valence-electron chi connectivity index (χ0n) is 23.5. The summed E-state index contributed by atoms with van der Waals surface area (Å²) >= 11 is 3.36. The van der Waals surface area contributed by atoms with Gasteiger partial charge in [0.25, 0.3) is 10.0 Å². The van der Waals surface area contributed by atoms with Crippen molar-refractivity contribution in [2.75, 3.05) is 24.5 Å². The van der Waals surface area contributed by atoms with Gasteiger partial charge in [-0.15, -0.1) is 0 Å². The average Bonchev–Trinajstić information content (AvgIpc) is 2.92. The number of rotatable bonds is 12. The molecule has 214 valence electrons. The van der Waals surface area contributed by atoms with Crippen LogP contribution in [-0.4, -0.2) is 51.4 Å². The number of methoxy groups -OCH3 is 1. The summed E-state index contributed by atoms with van der Waals surface area (Å²) in [4.78, 5) is 28.5. The monoisotopic (exact) mass is 629 g/mol. The smallest absolute Gasteiger partial charge is 0.264 e. The van der Waals surface area contributed by atoms with E-state index in [1.54, 1.807) is 30.3 Å². The summed E-state index contributed by atoms with van der Waals surface area (Å²) in [6, 6.07) is 18.3. The Morgan fingerprint density at radius 1 is 0.975 bits per heavy atom. The van der Waals surface area contributed by atoms with Crippen LogP contribution < -0.4 is 14.4 Å². The molecule has 3 rings (SSSR count). The lowest BCUT2D eigenvalue weighted by atomic mass is 10.1. The highest BCUT2D eigenvalue weighted by Gasteiger charge is 2.33. The molecule has 0 spiro atoms. The van der Waals surface area contributed by atoms with E-state index in [-0.39, 0.29) is 17.3 Å². The molecule has 0 aliphatic carbocycles. The number of likely N-dealkylation sites (N-methyl/N-ethyl adjacent to an activating group) is 1. The molecule has 0 saturated heterocycles. The first-order valence-electron chi connectivity index (χ1n) is 13.1. The Morgan fingerprint density at radius 3 is 2.25 bits per heavy atom. The van der Waals surface area contributed by atoms with Crippen LogP contribution in [0, 0.1) is 13.8 Å². The van der Waals surface area contributed by atoms with Gasteiger partial charge in [-0.05, 0) is 79.0 Å². The van der Waals surface area contributed by atoms with Gasteiger partial charge < -0.3 is 15.0 Å². The lowest BCUT2D eigenvalue weighted by Gasteiger charge is -2.33. The van der Waals surface area contributed by atoms with Gasteiger partial charge in [0, 0.05) is 13.1 Å². The number of ether oxygens (including phenoxy) is 1. The largest absolute Gasteiger partial charge is 0.496 e. The minimum Gasteiger partial charge on any atom is -0.496 e. The van der Waals surface area contributed by atoms with Gasteiger partial charge in [-0.1, -0.05) is 54.4 Å². The number of amides is 2. The molecule has 1 N–H and O–H groups in total. The molecule has 0 aliphatic rings. The van der Waals surface area contributed by atoms with Crippen LogP contribution in [0.25, 0.3) is 0 Å². The highest BCUT2D eigenvalue weighted by atomic mass is 79.9. The van der Waals surface area contributed by atoms with Gasteiger partial charge in [-0.25, -0.2) is 8.42 Å². The van der Waals surface area contributed by atoms with Crippen molar-refractivity contribution >= 4 is 43.5 Å². The van der Waals surface area contributed by atoms with E-state index in [9.17, 15) is 18.0 Å². The maximum atomic E-state index is 14.0. The van der Waals surface area contributed by atoms with Crippen molar-refractivity contribution in [3.8, 4) is 5.75 Å². The maximum absolute atomic E-state index is 14.0. The third kappa shape index (κ3) is 7.42. The lowest BCUT2D eigenvalue weighted by molar-refractivity contribution is -0.140. The molecule has 0 bridgehead atoms. The van der Waals surface area contributed by atoms with Gasteiger partial charge in [0.1, 0.15) is 18.3 Å². The van der Waals surface area contributed by atoms with Crippen LogP contribution >= 0.6 is 15.9 Å². The number of aryl methyl sites for hydroxylation is 2. The van der Waals surface area contributed by atoms with Crippen molar-refractivity contribution in [3.05, 3.63) is 87.9 Å². The first kappa shape index (κ1) is 31.2. The number of nitrogens with zero attached hydrogens (tertiary/aromatic N) is 2. The third-order valence-electron chi connectivity index (χ3n) is 6.48. The van der Waals surface area contributed by atoms with Crippen LogP contribution in [0.4, 0.5) is 5.69 Å². The van der Waals surface area contributed by atoms with Gasteiger partial charge in [-0.2, -0.15) is 0 Å². The molecular weight excluding hydrogens is 594 g/mol. The predicted octanol–water partition coefficient (Wildman–Crippen LogP) is 5.21. The summed E-state index contributed by atoms with van der Waals surface area (Å²) in [5.41, 5.74) is 3.15. The van der Waals surface area contributed by atoms with Crippen LogP contribution in [0.5, 0.6) is 5.75 Å². The minimum atomic E-state index is -4.19. The fourth-order valence-electron chi connectivity index (χ4n) is 4.39. The number of carbonyl (C=O) groups is 2. The number of halogens is 1. The van der Waals surface area contributed by atoms with E-state index in [0.29, 0.717) is 28.9 Å². The Balaban J connectivity index is 2.08. The van der Waals surface area contributed by atoms with Gasteiger partial charge in [0.05, 0.1) is 22.2 Å². The van der Waals surface area contributed by atoms with E-state index >= 15 is 0 Å². The lowest BCUT2D eigenvalue weighted by Crippen LogP contribution is -2.52. The predicted molar refractivity (Wildman–Crippen MR) is 161 cm³/mol. The number of benzene rings is 3. The summed E-state index contributed by atoms with van der Waals surface area (Å²) in [7, 11) is -2.69. The van der Waals surface area contributed by atoms with Gasteiger partial charge in [0.15, 0.2) is 0 Å². The zero-order chi connectivity index (χ0) is 29.4. The van der Waals surface area contributed by atoms with Gasteiger partial charge >= 0.3 is 0 Å². The topological polar surface area (TPSA) is 96.0 Å². The van der Waals surface area contributed by atoms with Crippen LogP contribution in [-0.2, 0) is 26.2 Å². The van der Waals surface area contributed by atoms with Gasteiger partial charge in [0.2, 0.25) is 11.8 Å². The number of carbonyl (C=O) groups excluding carboxylic acids is 2. The molecule has 10 heteroatoms. The minimum absolute atomic E-state index is 0.00504.